The molecule has 2 aliphatic heterocycles. The zero-order chi connectivity index (χ0) is 13.7. The highest BCUT2D eigenvalue weighted by Crippen LogP contribution is 2.25. The Morgan fingerprint density at radius 2 is 2.05 bits per heavy atom. The number of hydrogen-bond acceptors (Lipinski definition) is 4. The molecule has 0 saturated carbocycles. The number of methoxy groups -OCH3 is 2. The topological polar surface area (TPSA) is 24.9 Å². The van der Waals surface area contributed by atoms with Crippen LogP contribution in [0.2, 0.25) is 0 Å². The number of fused-ring (bicyclic) bond motifs is 1. The first-order valence-electron chi connectivity index (χ1n) is 7.78. The SMILES string of the molecule is CCC1CN2CCCCC2CN1CC(COC)OC. The van der Waals surface area contributed by atoms with Crippen LogP contribution < -0.4 is 0 Å². The van der Waals surface area contributed by atoms with E-state index >= 15 is 0 Å². The summed E-state index contributed by atoms with van der Waals surface area (Å²) in [6, 6.07) is 1.46. The molecule has 19 heavy (non-hydrogen) atoms. The van der Waals surface area contributed by atoms with Gasteiger partial charge in [-0.15, -0.1) is 0 Å². The third kappa shape index (κ3) is 3.91. The van der Waals surface area contributed by atoms with Gasteiger partial charge in [-0.3, -0.25) is 9.80 Å². The predicted molar refractivity (Wildman–Crippen MR) is 77.5 cm³/mol. The maximum Gasteiger partial charge on any atom is 0.0931 e. The minimum atomic E-state index is 0.203. The van der Waals surface area contributed by atoms with Crippen molar-refractivity contribution in [1.29, 1.82) is 0 Å². The zero-order valence-corrected chi connectivity index (χ0v) is 12.8. The van der Waals surface area contributed by atoms with Crippen LogP contribution in [0.3, 0.4) is 0 Å². The Labute approximate surface area is 118 Å². The highest BCUT2D eigenvalue weighted by Gasteiger charge is 2.34. The minimum absolute atomic E-state index is 0.203. The molecule has 0 amide bonds. The second-order valence-corrected chi connectivity index (χ2v) is 5.97. The number of rotatable bonds is 6. The Balaban J connectivity index is 1.93. The molecule has 2 fully saturated rings. The Hall–Kier alpha value is -0.160. The van der Waals surface area contributed by atoms with Crippen LogP contribution >= 0.6 is 0 Å². The summed E-state index contributed by atoms with van der Waals surface area (Å²) in [6.07, 6.45) is 5.59. The monoisotopic (exact) mass is 270 g/mol. The summed E-state index contributed by atoms with van der Waals surface area (Å²) < 4.78 is 10.8. The number of hydrogen-bond donors (Lipinski definition) is 0. The fraction of sp³-hybridized carbons (Fsp3) is 1.00. The lowest BCUT2D eigenvalue weighted by Gasteiger charge is -2.49. The molecule has 0 spiro atoms. The molecule has 0 aliphatic carbocycles. The molecule has 0 aromatic rings. The minimum Gasteiger partial charge on any atom is -0.382 e. The van der Waals surface area contributed by atoms with E-state index in [1.807, 2.05) is 0 Å². The fourth-order valence-corrected chi connectivity index (χ4v) is 3.57. The highest BCUT2D eigenvalue weighted by molar-refractivity contribution is 4.91. The lowest BCUT2D eigenvalue weighted by atomic mass is 9.95. The van der Waals surface area contributed by atoms with Crippen molar-refractivity contribution >= 4 is 0 Å². The van der Waals surface area contributed by atoms with Crippen LogP contribution in [0.5, 0.6) is 0 Å². The zero-order valence-electron chi connectivity index (χ0n) is 12.8. The molecular weight excluding hydrogens is 240 g/mol. The van der Waals surface area contributed by atoms with Crippen molar-refractivity contribution in [2.75, 3.05) is 47.0 Å². The predicted octanol–water partition coefficient (Wildman–Crippen LogP) is 1.60. The van der Waals surface area contributed by atoms with Gasteiger partial charge in [-0.25, -0.2) is 0 Å². The van der Waals surface area contributed by atoms with Crippen molar-refractivity contribution in [3.05, 3.63) is 0 Å². The Bertz CT molecular complexity index is 261. The van der Waals surface area contributed by atoms with E-state index in [2.05, 4.69) is 16.7 Å². The van der Waals surface area contributed by atoms with Gasteiger partial charge in [0.25, 0.3) is 0 Å². The average Bonchev–Trinajstić information content (AvgIpc) is 2.46. The van der Waals surface area contributed by atoms with Crippen LogP contribution in [0.15, 0.2) is 0 Å². The van der Waals surface area contributed by atoms with Gasteiger partial charge in [0.1, 0.15) is 0 Å². The largest absolute Gasteiger partial charge is 0.382 e. The molecule has 4 heteroatoms. The maximum atomic E-state index is 5.54. The van der Waals surface area contributed by atoms with Crippen LogP contribution in [-0.4, -0.2) is 75.0 Å². The van der Waals surface area contributed by atoms with E-state index in [4.69, 9.17) is 9.47 Å². The highest BCUT2D eigenvalue weighted by atomic mass is 16.5. The number of piperidine rings is 1. The van der Waals surface area contributed by atoms with Crippen LogP contribution in [0.4, 0.5) is 0 Å². The van der Waals surface area contributed by atoms with Crippen LogP contribution in [0, 0.1) is 0 Å². The number of nitrogens with zero attached hydrogens (tertiary/aromatic N) is 2. The van der Waals surface area contributed by atoms with Crippen molar-refractivity contribution in [2.45, 2.75) is 50.8 Å². The third-order valence-electron chi connectivity index (χ3n) is 4.75. The quantitative estimate of drug-likeness (QED) is 0.732. The lowest BCUT2D eigenvalue weighted by Crippen LogP contribution is -2.60. The number of ether oxygens (including phenoxy) is 2. The fourth-order valence-electron chi connectivity index (χ4n) is 3.57. The molecule has 2 rings (SSSR count). The van der Waals surface area contributed by atoms with Gasteiger partial charge in [0.15, 0.2) is 0 Å². The van der Waals surface area contributed by atoms with Crippen molar-refractivity contribution in [2.24, 2.45) is 0 Å². The lowest BCUT2D eigenvalue weighted by molar-refractivity contribution is -0.0412. The molecule has 2 saturated heterocycles. The molecule has 0 bridgehead atoms. The molecular formula is C15H30N2O2. The maximum absolute atomic E-state index is 5.54. The molecule has 3 unspecified atom stereocenters. The first kappa shape index (κ1) is 15.2. The van der Waals surface area contributed by atoms with Crippen LogP contribution in [0.25, 0.3) is 0 Å². The van der Waals surface area contributed by atoms with E-state index in [9.17, 15) is 0 Å². The number of piperazine rings is 1. The van der Waals surface area contributed by atoms with E-state index < -0.39 is 0 Å². The normalized spacial score (nSPS) is 31.1. The van der Waals surface area contributed by atoms with Gasteiger partial charge in [0, 0.05) is 45.9 Å². The van der Waals surface area contributed by atoms with Gasteiger partial charge in [0.2, 0.25) is 0 Å². The van der Waals surface area contributed by atoms with Gasteiger partial charge in [-0.2, -0.15) is 0 Å². The third-order valence-corrected chi connectivity index (χ3v) is 4.75. The van der Waals surface area contributed by atoms with E-state index in [-0.39, 0.29) is 6.10 Å². The first-order chi connectivity index (χ1) is 9.28. The average molecular weight is 270 g/mol. The van der Waals surface area contributed by atoms with Crippen molar-refractivity contribution in [1.82, 2.24) is 9.80 Å². The van der Waals surface area contributed by atoms with Gasteiger partial charge in [-0.1, -0.05) is 13.3 Å². The molecule has 2 aliphatic rings. The van der Waals surface area contributed by atoms with Crippen LogP contribution in [0.1, 0.15) is 32.6 Å². The molecule has 4 nitrogen and oxygen atoms in total. The molecule has 2 heterocycles. The van der Waals surface area contributed by atoms with Gasteiger partial charge >= 0.3 is 0 Å². The summed E-state index contributed by atoms with van der Waals surface area (Å²) in [7, 11) is 3.55. The molecule has 0 radical (unpaired) electrons. The summed E-state index contributed by atoms with van der Waals surface area (Å²) in [5.74, 6) is 0. The van der Waals surface area contributed by atoms with Gasteiger partial charge in [0.05, 0.1) is 12.7 Å². The second-order valence-electron chi connectivity index (χ2n) is 5.97. The Morgan fingerprint density at radius 1 is 1.21 bits per heavy atom. The molecule has 0 aromatic heterocycles. The Kier molecular flexibility index (Phi) is 6.07. The second kappa shape index (κ2) is 7.58. The van der Waals surface area contributed by atoms with E-state index in [0.29, 0.717) is 12.6 Å². The van der Waals surface area contributed by atoms with Crippen LogP contribution in [-0.2, 0) is 9.47 Å². The van der Waals surface area contributed by atoms with E-state index in [1.165, 1.54) is 45.3 Å². The smallest absolute Gasteiger partial charge is 0.0931 e. The van der Waals surface area contributed by atoms with Gasteiger partial charge < -0.3 is 9.47 Å². The summed E-state index contributed by atoms with van der Waals surface area (Å²) in [5, 5.41) is 0. The van der Waals surface area contributed by atoms with Crippen molar-refractivity contribution in [3.8, 4) is 0 Å². The Morgan fingerprint density at radius 3 is 2.74 bits per heavy atom. The van der Waals surface area contributed by atoms with E-state index in [0.717, 1.165) is 12.6 Å². The van der Waals surface area contributed by atoms with Crippen molar-refractivity contribution in [3.63, 3.8) is 0 Å². The summed E-state index contributed by atoms with van der Waals surface area (Å²) in [4.78, 5) is 5.35. The van der Waals surface area contributed by atoms with Crippen molar-refractivity contribution < 1.29 is 9.47 Å². The molecule has 112 valence electrons. The van der Waals surface area contributed by atoms with E-state index in [1.54, 1.807) is 14.2 Å². The molecule has 3 atom stereocenters. The summed E-state index contributed by atoms with van der Waals surface area (Å²) >= 11 is 0. The molecule has 0 aromatic carbocycles. The standard InChI is InChI=1S/C15H30N2O2/c1-4-13-9-16-8-6-5-7-14(16)10-17(13)11-15(19-3)12-18-2/h13-15H,4-12H2,1-3H3. The van der Waals surface area contributed by atoms with Gasteiger partial charge in [-0.05, 0) is 25.8 Å². The summed E-state index contributed by atoms with van der Waals surface area (Å²) in [5.41, 5.74) is 0. The molecule has 0 N–H and O–H groups in total. The first-order valence-corrected chi connectivity index (χ1v) is 7.78. The summed E-state index contributed by atoms with van der Waals surface area (Å²) in [6.45, 7) is 7.76.